The van der Waals surface area contributed by atoms with Gasteiger partial charge < -0.3 is 5.32 Å². The van der Waals surface area contributed by atoms with Gasteiger partial charge in [0.1, 0.15) is 17.7 Å². The summed E-state index contributed by atoms with van der Waals surface area (Å²) >= 11 is 18.8. The zero-order valence-corrected chi connectivity index (χ0v) is 19.0. The van der Waals surface area contributed by atoms with Crippen LogP contribution in [0.15, 0.2) is 48.8 Å². The number of rotatable bonds is 5. The molecule has 4 rings (SSSR count). The van der Waals surface area contributed by atoms with E-state index < -0.39 is 5.54 Å². The molecule has 0 aliphatic rings. The van der Waals surface area contributed by atoms with E-state index in [1.807, 2.05) is 34.9 Å². The Hall–Kier alpha value is -2.18. The number of halogens is 3. The Labute approximate surface area is 190 Å². The second-order valence-electron chi connectivity index (χ2n) is 7.42. The van der Waals surface area contributed by atoms with Crippen LogP contribution in [0.2, 0.25) is 15.1 Å². The highest BCUT2D eigenvalue weighted by Crippen LogP contribution is 2.36. The van der Waals surface area contributed by atoms with E-state index >= 15 is 0 Å². The van der Waals surface area contributed by atoms with Crippen LogP contribution in [0.25, 0.3) is 28.2 Å². The van der Waals surface area contributed by atoms with Crippen molar-refractivity contribution in [2.75, 3.05) is 6.54 Å². The molecule has 0 saturated carbocycles. The fraction of sp³-hybridized carbons (Fsp3) is 0.227. The number of hydrogen-bond acceptors (Lipinski definition) is 4. The van der Waals surface area contributed by atoms with Gasteiger partial charge in [-0.3, -0.25) is 4.57 Å². The standard InChI is InChI=1S/C22H20Cl3N5/c1-4-28-22(2,3)19-18-21(27-12-26-19)30(15-8-5-13(23)6-9-15)20(29-18)16-10-7-14(24)11-17(16)25/h5-12,28H,4H2,1-3H3. The Kier molecular flexibility index (Phi) is 5.73. The number of nitrogens with zero attached hydrogens (tertiary/aromatic N) is 4. The zero-order chi connectivity index (χ0) is 21.5. The summed E-state index contributed by atoms with van der Waals surface area (Å²) in [5, 5.41) is 5.18. The van der Waals surface area contributed by atoms with Crippen LogP contribution in [0.4, 0.5) is 0 Å². The molecule has 5 nitrogen and oxygen atoms in total. The third kappa shape index (κ3) is 3.79. The van der Waals surface area contributed by atoms with Gasteiger partial charge in [-0.05, 0) is 62.9 Å². The predicted octanol–water partition coefficient (Wildman–Crippen LogP) is 6.29. The molecule has 0 bridgehead atoms. The molecule has 2 aromatic heterocycles. The summed E-state index contributed by atoms with van der Waals surface area (Å²) in [6.07, 6.45) is 1.57. The quantitative estimate of drug-likeness (QED) is 0.380. The van der Waals surface area contributed by atoms with E-state index in [-0.39, 0.29) is 0 Å². The summed E-state index contributed by atoms with van der Waals surface area (Å²) < 4.78 is 1.97. The largest absolute Gasteiger partial charge is 0.307 e. The number of imidazole rings is 1. The van der Waals surface area contributed by atoms with Gasteiger partial charge in [-0.15, -0.1) is 0 Å². The molecule has 0 fully saturated rings. The summed E-state index contributed by atoms with van der Waals surface area (Å²) in [5.41, 5.74) is 3.44. The fourth-order valence-corrected chi connectivity index (χ4v) is 4.18. The Morgan fingerprint density at radius 1 is 0.967 bits per heavy atom. The number of nitrogens with one attached hydrogen (secondary N) is 1. The minimum atomic E-state index is -0.393. The Morgan fingerprint density at radius 2 is 1.67 bits per heavy atom. The van der Waals surface area contributed by atoms with Crippen LogP contribution in [0.1, 0.15) is 26.5 Å². The molecule has 4 aromatic rings. The first kappa shape index (κ1) is 21.1. The van der Waals surface area contributed by atoms with Gasteiger partial charge in [-0.1, -0.05) is 41.7 Å². The van der Waals surface area contributed by atoms with Crippen molar-refractivity contribution in [3.63, 3.8) is 0 Å². The Balaban J connectivity index is 2.07. The van der Waals surface area contributed by atoms with Gasteiger partial charge >= 0.3 is 0 Å². The van der Waals surface area contributed by atoms with E-state index in [4.69, 9.17) is 39.8 Å². The van der Waals surface area contributed by atoms with Crippen LogP contribution in [-0.2, 0) is 5.54 Å². The van der Waals surface area contributed by atoms with Crippen LogP contribution in [0, 0.1) is 0 Å². The van der Waals surface area contributed by atoms with Crippen molar-refractivity contribution in [3.8, 4) is 17.1 Å². The molecule has 1 N–H and O–H groups in total. The summed E-state index contributed by atoms with van der Waals surface area (Å²) in [5.74, 6) is 0.656. The van der Waals surface area contributed by atoms with E-state index in [2.05, 4.69) is 36.1 Å². The molecule has 0 amide bonds. The second kappa shape index (κ2) is 8.16. The van der Waals surface area contributed by atoms with E-state index in [0.29, 0.717) is 32.1 Å². The average molecular weight is 461 g/mol. The van der Waals surface area contributed by atoms with Crippen molar-refractivity contribution >= 4 is 46.0 Å². The topological polar surface area (TPSA) is 55.6 Å². The summed E-state index contributed by atoms with van der Waals surface area (Å²) in [6.45, 7) is 7.01. The molecule has 0 spiro atoms. The zero-order valence-electron chi connectivity index (χ0n) is 16.7. The highest BCUT2D eigenvalue weighted by Gasteiger charge is 2.28. The van der Waals surface area contributed by atoms with E-state index in [9.17, 15) is 0 Å². The first-order valence-electron chi connectivity index (χ1n) is 9.52. The predicted molar refractivity (Wildman–Crippen MR) is 124 cm³/mol. The summed E-state index contributed by atoms with van der Waals surface area (Å²) in [7, 11) is 0. The molecule has 8 heteroatoms. The molecule has 2 aromatic carbocycles. The van der Waals surface area contributed by atoms with E-state index in [1.54, 1.807) is 18.5 Å². The third-order valence-corrected chi connectivity index (χ3v) is 5.71. The van der Waals surface area contributed by atoms with Crippen LogP contribution >= 0.6 is 34.8 Å². The molecule has 0 saturated heterocycles. The van der Waals surface area contributed by atoms with Crippen LogP contribution in [0.5, 0.6) is 0 Å². The van der Waals surface area contributed by atoms with E-state index in [0.717, 1.165) is 23.5 Å². The van der Waals surface area contributed by atoms with Crippen LogP contribution in [0.3, 0.4) is 0 Å². The lowest BCUT2D eigenvalue weighted by molar-refractivity contribution is 0.407. The Morgan fingerprint density at radius 3 is 2.33 bits per heavy atom. The van der Waals surface area contributed by atoms with Crippen LogP contribution < -0.4 is 5.32 Å². The minimum Gasteiger partial charge on any atom is -0.307 e. The smallest absolute Gasteiger partial charge is 0.168 e. The van der Waals surface area contributed by atoms with Gasteiger partial charge in [0.2, 0.25) is 0 Å². The normalized spacial score (nSPS) is 11.9. The maximum atomic E-state index is 6.55. The summed E-state index contributed by atoms with van der Waals surface area (Å²) in [4.78, 5) is 14.1. The molecular formula is C22H20Cl3N5. The highest BCUT2D eigenvalue weighted by molar-refractivity contribution is 6.36. The number of aromatic nitrogens is 4. The monoisotopic (exact) mass is 459 g/mol. The molecule has 0 unspecified atom stereocenters. The van der Waals surface area contributed by atoms with Gasteiger partial charge in [0.25, 0.3) is 0 Å². The third-order valence-electron chi connectivity index (χ3n) is 4.91. The first-order chi connectivity index (χ1) is 14.3. The average Bonchev–Trinajstić information content (AvgIpc) is 3.07. The maximum Gasteiger partial charge on any atom is 0.168 e. The van der Waals surface area contributed by atoms with Crippen molar-refractivity contribution in [1.29, 1.82) is 0 Å². The lowest BCUT2D eigenvalue weighted by Crippen LogP contribution is -2.37. The van der Waals surface area contributed by atoms with Crippen molar-refractivity contribution in [3.05, 3.63) is 69.6 Å². The molecular weight excluding hydrogens is 441 g/mol. The molecule has 0 radical (unpaired) electrons. The van der Waals surface area contributed by atoms with Crippen molar-refractivity contribution in [2.45, 2.75) is 26.3 Å². The lowest BCUT2D eigenvalue weighted by atomic mass is 9.99. The Bertz CT molecular complexity index is 1220. The molecule has 2 heterocycles. The fourth-order valence-electron chi connectivity index (χ4n) is 3.56. The number of benzene rings is 2. The van der Waals surface area contributed by atoms with Gasteiger partial charge in [0.15, 0.2) is 5.65 Å². The molecule has 0 aliphatic carbocycles. The minimum absolute atomic E-state index is 0.393. The van der Waals surface area contributed by atoms with Crippen molar-refractivity contribution in [1.82, 2.24) is 24.8 Å². The molecule has 0 atom stereocenters. The molecule has 0 aliphatic heterocycles. The van der Waals surface area contributed by atoms with Gasteiger partial charge in [0, 0.05) is 21.3 Å². The van der Waals surface area contributed by atoms with Gasteiger partial charge in [-0.25, -0.2) is 15.0 Å². The van der Waals surface area contributed by atoms with Crippen molar-refractivity contribution < 1.29 is 0 Å². The lowest BCUT2D eigenvalue weighted by Gasteiger charge is -2.24. The number of hydrogen-bond donors (Lipinski definition) is 1. The van der Waals surface area contributed by atoms with E-state index in [1.165, 1.54) is 0 Å². The first-order valence-corrected chi connectivity index (χ1v) is 10.7. The molecule has 154 valence electrons. The summed E-state index contributed by atoms with van der Waals surface area (Å²) in [6, 6.07) is 12.9. The molecule has 30 heavy (non-hydrogen) atoms. The highest BCUT2D eigenvalue weighted by atomic mass is 35.5. The number of fused-ring (bicyclic) bond motifs is 1. The van der Waals surface area contributed by atoms with Gasteiger partial charge in [-0.2, -0.15) is 0 Å². The maximum absolute atomic E-state index is 6.55. The SMILES string of the molecule is CCNC(C)(C)c1ncnc2c1nc(-c1ccc(Cl)cc1Cl)n2-c1ccc(Cl)cc1. The van der Waals surface area contributed by atoms with Gasteiger partial charge in [0.05, 0.1) is 16.3 Å². The van der Waals surface area contributed by atoms with Crippen LogP contribution in [-0.4, -0.2) is 26.1 Å². The van der Waals surface area contributed by atoms with Crippen molar-refractivity contribution in [2.24, 2.45) is 0 Å². The second-order valence-corrected chi connectivity index (χ2v) is 8.70.